The minimum atomic E-state index is 0.220. The summed E-state index contributed by atoms with van der Waals surface area (Å²) in [4.78, 5) is 5.04. The van der Waals surface area contributed by atoms with Crippen molar-refractivity contribution in [2.45, 2.75) is 34.1 Å². The summed E-state index contributed by atoms with van der Waals surface area (Å²) in [7, 11) is 4.29. The molecule has 29 heavy (non-hydrogen) atoms. The highest BCUT2D eigenvalue weighted by atomic mass is 16.5. The highest BCUT2D eigenvalue weighted by molar-refractivity contribution is 6.52. The van der Waals surface area contributed by atoms with Crippen molar-refractivity contribution in [2.24, 2.45) is 5.41 Å². The Morgan fingerprint density at radius 1 is 1.00 bits per heavy atom. The Balaban J connectivity index is 1.87. The number of aryl methyl sites for hydroxylation is 1. The van der Waals surface area contributed by atoms with Crippen molar-refractivity contribution in [3.63, 3.8) is 0 Å². The molecule has 0 fully saturated rings. The van der Waals surface area contributed by atoms with Crippen LogP contribution in [0.15, 0.2) is 42.5 Å². The van der Waals surface area contributed by atoms with Crippen LogP contribution in [-0.2, 0) is 6.42 Å². The molecular weight excluding hydrogens is 352 g/mol. The van der Waals surface area contributed by atoms with Crippen LogP contribution in [-0.4, -0.2) is 20.7 Å². The molecule has 0 N–H and O–H groups in total. The second-order valence-corrected chi connectivity index (χ2v) is 9.63. The van der Waals surface area contributed by atoms with Crippen LogP contribution in [0.4, 0.5) is 0 Å². The van der Waals surface area contributed by atoms with Gasteiger partial charge in [-0.3, -0.25) is 4.98 Å². The molecule has 2 nitrogen and oxygen atoms in total. The van der Waals surface area contributed by atoms with E-state index >= 15 is 0 Å². The molecule has 0 saturated heterocycles. The van der Waals surface area contributed by atoms with E-state index in [2.05, 4.69) is 85.9 Å². The van der Waals surface area contributed by atoms with E-state index in [0.29, 0.717) is 0 Å². The standard InChI is InChI=1S/C25H25B2NO/c1-13-16-8-6-5-7-15(16)11-18-22-20-17(21(26)24(27)28-22)9-14(12-25(2,3)4)10-19(20)29-23(13)18/h5-11H,12,26-27H2,1-4H3. The molecular formula is C25H25B2NO. The molecule has 142 valence electrons. The summed E-state index contributed by atoms with van der Waals surface area (Å²) in [5.74, 6) is 1.89. The molecule has 0 aliphatic carbocycles. The van der Waals surface area contributed by atoms with Crippen LogP contribution < -0.4 is 15.8 Å². The van der Waals surface area contributed by atoms with E-state index in [1.54, 1.807) is 0 Å². The highest BCUT2D eigenvalue weighted by Crippen LogP contribution is 2.48. The third-order valence-corrected chi connectivity index (χ3v) is 6.08. The first-order valence-electron chi connectivity index (χ1n) is 10.4. The van der Waals surface area contributed by atoms with Gasteiger partial charge in [0.2, 0.25) is 0 Å². The van der Waals surface area contributed by atoms with Crippen molar-refractivity contribution in [1.29, 1.82) is 0 Å². The lowest BCUT2D eigenvalue weighted by Gasteiger charge is -2.26. The van der Waals surface area contributed by atoms with E-state index in [-0.39, 0.29) is 5.41 Å². The van der Waals surface area contributed by atoms with Crippen molar-refractivity contribution in [2.75, 3.05) is 0 Å². The van der Waals surface area contributed by atoms with Gasteiger partial charge in [0, 0.05) is 11.1 Å². The Hall–Kier alpha value is -2.74. The van der Waals surface area contributed by atoms with E-state index in [4.69, 9.17) is 9.72 Å². The molecule has 0 unspecified atom stereocenters. The van der Waals surface area contributed by atoms with Crippen molar-refractivity contribution < 1.29 is 4.74 Å². The predicted octanol–water partition coefficient (Wildman–Crippen LogP) is 3.57. The summed E-state index contributed by atoms with van der Waals surface area (Å²) in [6.07, 6.45) is 1.01. The van der Waals surface area contributed by atoms with Gasteiger partial charge in [0.1, 0.15) is 19.3 Å². The molecule has 5 rings (SSSR count). The van der Waals surface area contributed by atoms with Crippen molar-refractivity contribution in [3.8, 4) is 22.8 Å². The zero-order chi connectivity index (χ0) is 20.5. The van der Waals surface area contributed by atoms with E-state index in [9.17, 15) is 0 Å². The number of ether oxygens (including phenoxy) is 1. The number of hydrogen-bond acceptors (Lipinski definition) is 2. The van der Waals surface area contributed by atoms with E-state index < -0.39 is 0 Å². The molecule has 4 heteroatoms. The first-order valence-corrected chi connectivity index (χ1v) is 10.4. The third-order valence-electron chi connectivity index (χ3n) is 6.08. The predicted molar refractivity (Wildman–Crippen MR) is 129 cm³/mol. The second kappa shape index (κ2) is 6.13. The fraction of sp³-hybridized carbons (Fsp3) is 0.240. The lowest BCUT2D eigenvalue weighted by molar-refractivity contribution is 0.410. The average molecular weight is 377 g/mol. The van der Waals surface area contributed by atoms with Gasteiger partial charge in [-0.1, -0.05) is 56.6 Å². The number of rotatable bonds is 1. The van der Waals surface area contributed by atoms with Gasteiger partial charge in [-0.25, -0.2) is 0 Å². The van der Waals surface area contributed by atoms with Gasteiger partial charge in [-0.15, -0.1) is 0 Å². The molecule has 3 aromatic carbocycles. The number of fused-ring (bicyclic) bond motifs is 3. The van der Waals surface area contributed by atoms with E-state index in [1.807, 2.05) is 0 Å². The molecule has 0 atom stereocenters. The summed E-state index contributed by atoms with van der Waals surface area (Å²) in [6.45, 7) is 9.01. The van der Waals surface area contributed by atoms with Crippen molar-refractivity contribution >= 4 is 48.3 Å². The number of hydrogen-bond donors (Lipinski definition) is 0. The van der Waals surface area contributed by atoms with Crippen molar-refractivity contribution in [1.82, 2.24) is 4.98 Å². The lowest BCUT2D eigenvalue weighted by atomic mass is 9.78. The van der Waals surface area contributed by atoms with Crippen LogP contribution in [0, 0.1) is 12.3 Å². The molecule has 0 spiro atoms. The first kappa shape index (κ1) is 18.3. The van der Waals surface area contributed by atoms with Gasteiger partial charge in [0.25, 0.3) is 0 Å². The maximum Gasteiger partial charge on any atom is 0.163 e. The van der Waals surface area contributed by atoms with Gasteiger partial charge in [-0.05, 0) is 58.2 Å². The maximum absolute atomic E-state index is 6.60. The van der Waals surface area contributed by atoms with Gasteiger partial charge in [0.05, 0.1) is 11.1 Å². The molecule has 0 amide bonds. The Bertz CT molecular complexity index is 1320. The third kappa shape index (κ3) is 2.85. The smallest absolute Gasteiger partial charge is 0.163 e. The molecule has 0 saturated carbocycles. The summed E-state index contributed by atoms with van der Waals surface area (Å²) in [5, 5.41) is 4.88. The molecule has 0 radical (unpaired) electrons. The summed E-state index contributed by atoms with van der Waals surface area (Å²) < 4.78 is 6.60. The molecule has 1 aliphatic rings. The number of pyridine rings is 1. The van der Waals surface area contributed by atoms with Crippen molar-refractivity contribution in [3.05, 3.63) is 53.6 Å². The number of nitrogens with zero attached hydrogens (tertiary/aromatic N) is 1. The molecule has 1 aromatic heterocycles. The van der Waals surface area contributed by atoms with Crippen LogP contribution in [0.2, 0.25) is 0 Å². The zero-order valence-electron chi connectivity index (χ0n) is 18.1. The monoisotopic (exact) mass is 377 g/mol. The van der Waals surface area contributed by atoms with E-state index in [1.165, 1.54) is 32.7 Å². The summed E-state index contributed by atoms with van der Waals surface area (Å²) >= 11 is 0. The Labute approximate surface area is 174 Å². The zero-order valence-corrected chi connectivity index (χ0v) is 18.1. The largest absolute Gasteiger partial charge is 0.456 e. The fourth-order valence-corrected chi connectivity index (χ4v) is 4.63. The summed E-state index contributed by atoms with van der Waals surface area (Å²) in [5.41, 5.74) is 7.20. The Morgan fingerprint density at radius 3 is 2.52 bits per heavy atom. The number of benzene rings is 3. The van der Waals surface area contributed by atoms with Crippen LogP contribution >= 0.6 is 0 Å². The highest BCUT2D eigenvalue weighted by Gasteiger charge is 2.26. The SMILES string of the molecule is Bc1nc2c3c(cc(CC(C)(C)C)cc3c1B)Oc1c-2cc2ccccc2c1C. The Morgan fingerprint density at radius 2 is 1.76 bits per heavy atom. The van der Waals surface area contributed by atoms with Gasteiger partial charge < -0.3 is 4.74 Å². The first-order chi connectivity index (χ1) is 13.7. The molecule has 1 aliphatic heterocycles. The lowest BCUT2D eigenvalue weighted by Crippen LogP contribution is -2.31. The van der Waals surface area contributed by atoms with Crippen LogP contribution in [0.25, 0.3) is 32.8 Å². The molecule has 0 bridgehead atoms. The molecule has 2 heterocycles. The van der Waals surface area contributed by atoms with Gasteiger partial charge in [0.15, 0.2) is 7.85 Å². The van der Waals surface area contributed by atoms with E-state index in [0.717, 1.165) is 40.2 Å². The minimum Gasteiger partial charge on any atom is -0.456 e. The topological polar surface area (TPSA) is 22.1 Å². The average Bonchev–Trinajstić information content (AvgIpc) is 2.65. The molecule has 4 aromatic rings. The normalized spacial score (nSPS) is 12.8. The van der Waals surface area contributed by atoms with Crippen LogP contribution in [0.5, 0.6) is 11.5 Å². The quantitative estimate of drug-likeness (QED) is 0.417. The van der Waals surface area contributed by atoms with Gasteiger partial charge in [-0.2, -0.15) is 0 Å². The Kier molecular flexibility index (Phi) is 3.87. The van der Waals surface area contributed by atoms with Crippen LogP contribution in [0.3, 0.4) is 0 Å². The summed E-state index contributed by atoms with van der Waals surface area (Å²) in [6, 6.07) is 15.3. The maximum atomic E-state index is 6.60. The van der Waals surface area contributed by atoms with Crippen LogP contribution in [0.1, 0.15) is 31.9 Å². The fourth-order valence-electron chi connectivity index (χ4n) is 4.63. The second-order valence-electron chi connectivity index (χ2n) is 9.63. The number of aromatic nitrogens is 1. The minimum absolute atomic E-state index is 0.220. The van der Waals surface area contributed by atoms with Gasteiger partial charge >= 0.3 is 0 Å².